The zero-order valence-corrected chi connectivity index (χ0v) is 12.0. The summed E-state index contributed by atoms with van der Waals surface area (Å²) < 4.78 is 1.96. The predicted octanol–water partition coefficient (Wildman–Crippen LogP) is 3.90. The molecular weight excluding hydrogens is 256 g/mol. The van der Waals surface area contributed by atoms with E-state index in [4.69, 9.17) is 11.6 Å². The summed E-state index contributed by atoms with van der Waals surface area (Å²) in [7, 11) is 2.00. The van der Waals surface area contributed by atoms with Crippen molar-refractivity contribution in [3.63, 3.8) is 0 Å². The number of alkyl halides is 1. The molecule has 2 aromatic rings. The lowest BCUT2D eigenvalue weighted by Crippen LogP contribution is -2.18. The van der Waals surface area contributed by atoms with E-state index in [0.717, 1.165) is 19.3 Å². The summed E-state index contributed by atoms with van der Waals surface area (Å²) in [6, 6.07) is 10.7. The third kappa shape index (κ3) is 2.55. The first-order valence-corrected chi connectivity index (χ1v) is 7.38. The second-order valence-corrected chi connectivity index (χ2v) is 5.85. The molecule has 19 heavy (non-hydrogen) atoms. The van der Waals surface area contributed by atoms with E-state index in [9.17, 15) is 0 Å². The van der Waals surface area contributed by atoms with Crippen LogP contribution < -0.4 is 0 Å². The molecule has 2 atom stereocenters. The maximum absolute atomic E-state index is 6.67. The molecule has 1 aromatic heterocycles. The molecule has 100 valence electrons. The Labute approximate surface area is 119 Å². The van der Waals surface area contributed by atoms with Gasteiger partial charge in [-0.15, -0.1) is 11.6 Å². The third-order valence-electron chi connectivity index (χ3n) is 4.24. The zero-order chi connectivity index (χ0) is 13.2. The molecule has 0 spiro atoms. The minimum absolute atomic E-state index is 0.165. The summed E-state index contributed by atoms with van der Waals surface area (Å²) in [6.07, 6.45) is 6.43. The molecule has 3 rings (SSSR count). The van der Waals surface area contributed by atoms with Crippen molar-refractivity contribution in [2.45, 2.75) is 31.1 Å². The molecule has 1 heterocycles. The standard InChI is InChI=1S/C16H19ClN2/c1-19-14(10-11-18-19)9-8-13-7-6-12-4-2-3-5-15(12)16(13)17/h2-5,10-11,13,16H,6-9H2,1H3. The van der Waals surface area contributed by atoms with E-state index in [1.165, 1.54) is 23.2 Å². The Kier molecular flexibility index (Phi) is 3.61. The van der Waals surface area contributed by atoms with Gasteiger partial charge in [-0.2, -0.15) is 5.10 Å². The summed E-state index contributed by atoms with van der Waals surface area (Å²) >= 11 is 6.67. The van der Waals surface area contributed by atoms with Crippen molar-refractivity contribution in [1.82, 2.24) is 9.78 Å². The summed E-state index contributed by atoms with van der Waals surface area (Å²) in [6.45, 7) is 0. The van der Waals surface area contributed by atoms with Crippen LogP contribution in [0.3, 0.4) is 0 Å². The van der Waals surface area contributed by atoms with Crippen molar-refractivity contribution in [2.24, 2.45) is 13.0 Å². The minimum Gasteiger partial charge on any atom is -0.273 e. The summed E-state index contributed by atoms with van der Waals surface area (Å²) in [5, 5.41) is 4.38. The average molecular weight is 275 g/mol. The fourth-order valence-corrected chi connectivity index (χ4v) is 3.51. The van der Waals surface area contributed by atoms with Crippen LogP contribution >= 0.6 is 11.6 Å². The zero-order valence-electron chi connectivity index (χ0n) is 11.2. The van der Waals surface area contributed by atoms with E-state index >= 15 is 0 Å². The molecule has 0 saturated carbocycles. The lowest BCUT2D eigenvalue weighted by molar-refractivity contribution is 0.410. The van der Waals surface area contributed by atoms with Gasteiger partial charge in [-0.1, -0.05) is 24.3 Å². The quantitative estimate of drug-likeness (QED) is 0.777. The number of benzene rings is 1. The van der Waals surface area contributed by atoms with Crippen LogP contribution in [0.5, 0.6) is 0 Å². The molecule has 0 radical (unpaired) electrons. The summed E-state index contributed by atoms with van der Waals surface area (Å²) in [5.74, 6) is 0.575. The lowest BCUT2D eigenvalue weighted by atomic mass is 9.81. The van der Waals surface area contributed by atoms with Crippen LogP contribution in [-0.4, -0.2) is 9.78 Å². The topological polar surface area (TPSA) is 17.8 Å². The fourth-order valence-electron chi connectivity index (χ4n) is 3.04. The van der Waals surface area contributed by atoms with Gasteiger partial charge >= 0.3 is 0 Å². The smallest absolute Gasteiger partial charge is 0.0616 e. The number of fused-ring (bicyclic) bond motifs is 1. The van der Waals surface area contributed by atoms with Gasteiger partial charge in [-0.25, -0.2) is 0 Å². The number of rotatable bonds is 3. The first-order valence-electron chi connectivity index (χ1n) is 6.94. The molecular formula is C16H19ClN2. The van der Waals surface area contributed by atoms with Crippen molar-refractivity contribution < 1.29 is 0 Å². The maximum Gasteiger partial charge on any atom is 0.0616 e. The van der Waals surface area contributed by atoms with Crippen LogP contribution in [0.2, 0.25) is 0 Å². The molecule has 2 unspecified atom stereocenters. The fraction of sp³-hybridized carbons (Fsp3) is 0.438. The first-order chi connectivity index (χ1) is 9.25. The molecule has 0 amide bonds. The Balaban J connectivity index is 1.69. The van der Waals surface area contributed by atoms with Gasteiger partial charge in [0.15, 0.2) is 0 Å². The number of aromatic nitrogens is 2. The highest BCUT2D eigenvalue weighted by molar-refractivity contribution is 6.21. The van der Waals surface area contributed by atoms with Crippen LogP contribution in [-0.2, 0) is 19.9 Å². The van der Waals surface area contributed by atoms with Gasteiger partial charge in [0, 0.05) is 18.9 Å². The Morgan fingerprint density at radius 2 is 2.16 bits per heavy atom. The molecule has 2 nitrogen and oxygen atoms in total. The summed E-state index contributed by atoms with van der Waals surface area (Å²) in [4.78, 5) is 0. The number of halogens is 1. The molecule has 1 aliphatic rings. The van der Waals surface area contributed by atoms with Gasteiger partial charge in [-0.05, 0) is 48.8 Å². The Hall–Kier alpha value is -1.28. The lowest BCUT2D eigenvalue weighted by Gasteiger charge is -2.29. The van der Waals surface area contributed by atoms with Crippen molar-refractivity contribution in [1.29, 1.82) is 0 Å². The van der Waals surface area contributed by atoms with E-state index in [-0.39, 0.29) is 5.38 Å². The highest BCUT2D eigenvalue weighted by atomic mass is 35.5. The molecule has 0 bridgehead atoms. The average Bonchev–Trinajstić information content (AvgIpc) is 2.84. The second kappa shape index (κ2) is 5.38. The van der Waals surface area contributed by atoms with Crippen LogP contribution in [0.25, 0.3) is 0 Å². The van der Waals surface area contributed by atoms with E-state index in [2.05, 4.69) is 35.4 Å². The van der Waals surface area contributed by atoms with Crippen molar-refractivity contribution >= 4 is 11.6 Å². The first kappa shape index (κ1) is 12.7. The highest BCUT2D eigenvalue weighted by Crippen LogP contribution is 2.41. The minimum atomic E-state index is 0.165. The van der Waals surface area contributed by atoms with Crippen molar-refractivity contribution in [2.75, 3.05) is 0 Å². The van der Waals surface area contributed by atoms with Gasteiger partial charge in [0.25, 0.3) is 0 Å². The largest absolute Gasteiger partial charge is 0.273 e. The molecule has 0 fully saturated rings. The number of nitrogens with zero attached hydrogens (tertiary/aromatic N) is 2. The number of aryl methyl sites for hydroxylation is 3. The molecule has 0 aliphatic heterocycles. The van der Waals surface area contributed by atoms with Gasteiger partial charge in [0.2, 0.25) is 0 Å². The van der Waals surface area contributed by atoms with E-state index < -0.39 is 0 Å². The van der Waals surface area contributed by atoms with Crippen LogP contribution in [0.1, 0.15) is 35.0 Å². The van der Waals surface area contributed by atoms with Gasteiger partial charge < -0.3 is 0 Å². The SMILES string of the molecule is Cn1nccc1CCC1CCc2ccccc2C1Cl. The van der Waals surface area contributed by atoms with Gasteiger partial charge in [-0.3, -0.25) is 4.68 Å². The Morgan fingerprint density at radius 3 is 2.95 bits per heavy atom. The number of hydrogen-bond acceptors (Lipinski definition) is 1. The molecule has 1 aromatic carbocycles. The second-order valence-electron chi connectivity index (χ2n) is 5.38. The normalized spacial score (nSPS) is 22.2. The predicted molar refractivity (Wildman–Crippen MR) is 78.4 cm³/mol. The van der Waals surface area contributed by atoms with E-state index in [1.54, 1.807) is 0 Å². The van der Waals surface area contributed by atoms with E-state index in [1.807, 2.05) is 17.9 Å². The van der Waals surface area contributed by atoms with Gasteiger partial charge in [0.1, 0.15) is 0 Å². The Morgan fingerprint density at radius 1 is 1.32 bits per heavy atom. The Bertz CT molecular complexity index is 561. The summed E-state index contributed by atoms with van der Waals surface area (Å²) in [5.41, 5.74) is 4.06. The third-order valence-corrected chi connectivity index (χ3v) is 4.84. The molecule has 1 aliphatic carbocycles. The van der Waals surface area contributed by atoms with Crippen LogP contribution in [0.15, 0.2) is 36.5 Å². The molecule has 0 N–H and O–H groups in total. The monoisotopic (exact) mass is 274 g/mol. The highest BCUT2D eigenvalue weighted by Gasteiger charge is 2.27. The van der Waals surface area contributed by atoms with Crippen LogP contribution in [0, 0.1) is 5.92 Å². The number of hydrogen-bond donors (Lipinski definition) is 0. The van der Waals surface area contributed by atoms with Gasteiger partial charge in [0.05, 0.1) is 5.38 Å². The van der Waals surface area contributed by atoms with Crippen LogP contribution in [0.4, 0.5) is 0 Å². The van der Waals surface area contributed by atoms with Crippen molar-refractivity contribution in [3.8, 4) is 0 Å². The van der Waals surface area contributed by atoms with Crippen molar-refractivity contribution in [3.05, 3.63) is 53.3 Å². The maximum atomic E-state index is 6.67. The molecule has 0 saturated heterocycles. The van der Waals surface area contributed by atoms with E-state index in [0.29, 0.717) is 5.92 Å². The molecule has 3 heteroatoms.